The number of hydrogen-bond donors (Lipinski definition) is 1. The van der Waals surface area contributed by atoms with Crippen molar-refractivity contribution in [2.24, 2.45) is 0 Å². The lowest BCUT2D eigenvalue weighted by atomic mass is 10.2. The van der Waals surface area contributed by atoms with Crippen LogP contribution in [0, 0.1) is 5.82 Å². The van der Waals surface area contributed by atoms with E-state index >= 15 is 0 Å². The van der Waals surface area contributed by atoms with E-state index in [-0.39, 0.29) is 10.6 Å². The maximum Gasteiger partial charge on any atom is 0.343 e. The summed E-state index contributed by atoms with van der Waals surface area (Å²) in [7, 11) is 0. The van der Waals surface area contributed by atoms with Crippen LogP contribution >= 0.6 is 23.4 Å². The molecule has 0 radical (unpaired) electrons. The van der Waals surface area contributed by atoms with Crippen LogP contribution in [0.15, 0.2) is 53.4 Å². The number of rotatable bonds is 8. The average Bonchev–Trinajstić information content (AvgIpc) is 2.60. The lowest BCUT2D eigenvalue weighted by molar-refractivity contribution is -0.124. The smallest absolute Gasteiger partial charge is 0.343 e. The number of thioether (sulfide) groups is 1. The summed E-state index contributed by atoms with van der Waals surface area (Å²) in [5, 5.41) is 2.60. The summed E-state index contributed by atoms with van der Waals surface area (Å²) >= 11 is 7.46. The fourth-order valence-corrected chi connectivity index (χ4v) is 3.07. The molecule has 0 heterocycles. The van der Waals surface area contributed by atoms with E-state index in [4.69, 9.17) is 16.3 Å². The maximum absolute atomic E-state index is 13.6. The standard InChI is InChI=1S/C18H17ClFNO3S/c19-14-8-4-9-15(20)17(14)18(23)24-12-16(22)21-10-5-11-25-13-6-2-1-3-7-13/h1-4,6-9H,5,10-12H2,(H,21,22). The van der Waals surface area contributed by atoms with Crippen LogP contribution in [0.3, 0.4) is 0 Å². The van der Waals surface area contributed by atoms with Gasteiger partial charge < -0.3 is 10.1 Å². The van der Waals surface area contributed by atoms with Crippen LogP contribution in [-0.2, 0) is 9.53 Å². The normalized spacial score (nSPS) is 10.3. The molecule has 0 bridgehead atoms. The topological polar surface area (TPSA) is 55.4 Å². The largest absolute Gasteiger partial charge is 0.452 e. The van der Waals surface area contributed by atoms with Crippen LogP contribution in [0.25, 0.3) is 0 Å². The van der Waals surface area contributed by atoms with Gasteiger partial charge in [0, 0.05) is 11.4 Å². The quantitative estimate of drug-likeness (QED) is 0.427. The Balaban J connectivity index is 1.64. The molecule has 25 heavy (non-hydrogen) atoms. The Bertz CT molecular complexity index is 707. The van der Waals surface area contributed by atoms with E-state index in [0.717, 1.165) is 18.2 Å². The highest BCUT2D eigenvalue weighted by Crippen LogP contribution is 2.20. The van der Waals surface area contributed by atoms with Crippen molar-refractivity contribution in [1.29, 1.82) is 0 Å². The lowest BCUT2D eigenvalue weighted by Crippen LogP contribution is -2.30. The van der Waals surface area contributed by atoms with Crippen molar-refractivity contribution in [2.45, 2.75) is 11.3 Å². The van der Waals surface area contributed by atoms with Gasteiger partial charge in [-0.1, -0.05) is 35.9 Å². The number of ether oxygens (including phenoxy) is 1. The van der Waals surface area contributed by atoms with Crippen molar-refractivity contribution < 1.29 is 18.7 Å². The van der Waals surface area contributed by atoms with Crippen LogP contribution in [0.1, 0.15) is 16.8 Å². The first-order valence-corrected chi connectivity index (χ1v) is 9.00. The van der Waals surface area contributed by atoms with Gasteiger partial charge in [0.15, 0.2) is 6.61 Å². The van der Waals surface area contributed by atoms with Gasteiger partial charge in [-0.3, -0.25) is 4.79 Å². The summed E-state index contributed by atoms with van der Waals surface area (Å²) in [6.07, 6.45) is 0.776. The van der Waals surface area contributed by atoms with Gasteiger partial charge in [-0.2, -0.15) is 0 Å². The van der Waals surface area contributed by atoms with Crippen molar-refractivity contribution in [3.05, 3.63) is 64.9 Å². The number of carbonyl (C=O) groups excluding carboxylic acids is 2. The van der Waals surface area contributed by atoms with Crippen molar-refractivity contribution in [2.75, 3.05) is 18.9 Å². The van der Waals surface area contributed by atoms with Gasteiger partial charge in [-0.25, -0.2) is 9.18 Å². The Kier molecular flexibility index (Phi) is 7.76. The molecule has 2 rings (SSSR count). The molecule has 0 fully saturated rings. The Morgan fingerprint density at radius 2 is 1.88 bits per heavy atom. The molecular formula is C18H17ClFNO3S. The molecule has 0 atom stereocenters. The van der Waals surface area contributed by atoms with E-state index in [1.807, 2.05) is 30.3 Å². The third kappa shape index (κ3) is 6.40. The molecule has 0 aliphatic carbocycles. The van der Waals surface area contributed by atoms with Crippen LogP contribution in [-0.4, -0.2) is 30.8 Å². The maximum atomic E-state index is 13.6. The van der Waals surface area contributed by atoms with Crippen molar-refractivity contribution in [1.82, 2.24) is 5.32 Å². The highest BCUT2D eigenvalue weighted by atomic mass is 35.5. The number of benzene rings is 2. The van der Waals surface area contributed by atoms with Gasteiger partial charge >= 0.3 is 5.97 Å². The van der Waals surface area contributed by atoms with E-state index in [2.05, 4.69) is 5.32 Å². The van der Waals surface area contributed by atoms with E-state index in [1.54, 1.807) is 11.8 Å². The zero-order valence-corrected chi connectivity index (χ0v) is 14.9. The SMILES string of the molecule is O=C(COC(=O)c1c(F)cccc1Cl)NCCCSc1ccccc1. The molecule has 0 unspecified atom stereocenters. The van der Waals surface area contributed by atoms with E-state index in [1.165, 1.54) is 17.0 Å². The Hall–Kier alpha value is -2.05. The summed E-state index contributed by atoms with van der Waals surface area (Å²) in [5.74, 6) is -1.33. The average molecular weight is 382 g/mol. The highest BCUT2D eigenvalue weighted by molar-refractivity contribution is 7.99. The zero-order valence-electron chi connectivity index (χ0n) is 13.3. The second-order valence-electron chi connectivity index (χ2n) is 5.04. The molecule has 0 saturated carbocycles. The Morgan fingerprint density at radius 3 is 2.60 bits per heavy atom. The number of nitrogens with one attached hydrogen (secondary N) is 1. The first-order valence-electron chi connectivity index (χ1n) is 7.63. The molecule has 2 aromatic rings. The molecule has 0 aliphatic rings. The molecule has 1 N–H and O–H groups in total. The summed E-state index contributed by atoms with van der Waals surface area (Å²) < 4.78 is 18.4. The van der Waals surface area contributed by atoms with Crippen molar-refractivity contribution in [3.8, 4) is 0 Å². The van der Waals surface area contributed by atoms with Gasteiger partial charge in [-0.15, -0.1) is 11.8 Å². The molecule has 0 spiro atoms. The first-order chi connectivity index (χ1) is 12.1. The molecular weight excluding hydrogens is 365 g/mol. The molecule has 0 saturated heterocycles. The number of esters is 1. The number of carbonyl (C=O) groups is 2. The summed E-state index contributed by atoms with van der Waals surface area (Å²) in [4.78, 5) is 24.6. The van der Waals surface area contributed by atoms with Gasteiger partial charge in [0.25, 0.3) is 5.91 Å². The third-order valence-corrected chi connectivity index (χ3v) is 4.57. The minimum Gasteiger partial charge on any atom is -0.452 e. The van der Waals surface area contributed by atoms with E-state index < -0.39 is 24.3 Å². The molecule has 0 aliphatic heterocycles. The second kappa shape index (κ2) is 10.1. The van der Waals surface area contributed by atoms with Gasteiger partial charge in [-0.05, 0) is 36.4 Å². The monoisotopic (exact) mass is 381 g/mol. The van der Waals surface area contributed by atoms with Gasteiger partial charge in [0.05, 0.1) is 5.02 Å². The minimum absolute atomic E-state index is 0.0525. The van der Waals surface area contributed by atoms with Crippen LogP contribution in [0.2, 0.25) is 5.02 Å². The molecule has 2 aromatic carbocycles. The third-order valence-electron chi connectivity index (χ3n) is 3.16. The predicted octanol–water partition coefficient (Wildman–Crippen LogP) is 3.93. The van der Waals surface area contributed by atoms with E-state index in [0.29, 0.717) is 6.54 Å². The number of hydrogen-bond acceptors (Lipinski definition) is 4. The van der Waals surface area contributed by atoms with Gasteiger partial charge in [0.2, 0.25) is 0 Å². The number of halogens is 2. The van der Waals surface area contributed by atoms with Crippen molar-refractivity contribution in [3.63, 3.8) is 0 Å². The Morgan fingerprint density at radius 1 is 1.12 bits per heavy atom. The van der Waals surface area contributed by atoms with Crippen LogP contribution < -0.4 is 5.32 Å². The molecule has 0 aromatic heterocycles. The molecule has 132 valence electrons. The fraction of sp³-hybridized carbons (Fsp3) is 0.222. The lowest BCUT2D eigenvalue weighted by Gasteiger charge is -2.08. The first kappa shape index (κ1) is 19.3. The number of amides is 1. The predicted molar refractivity (Wildman–Crippen MR) is 96.5 cm³/mol. The van der Waals surface area contributed by atoms with Crippen molar-refractivity contribution >= 4 is 35.2 Å². The summed E-state index contributed by atoms with van der Waals surface area (Å²) in [6.45, 7) is -0.00794. The molecule has 4 nitrogen and oxygen atoms in total. The minimum atomic E-state index is -0.960. The second-order valence-corrected chi connectivity index (χ2v) is 6.61. The molecule has 7 heteroatoms. The zero-order chi connectivity index (χ0) is 18.1. The summed E-state index contributed by atoms with van der Waals surface area (Å²) in [5.41, 5.74) is -0.365. The van der Waals surface area contributed by atoms with Crippen LogP contribution in [0.5, 0.6) is 0 Å². The fourth-order valence-electron chi connectivity index (χ4n) is 1.95. The highest BCUT2D eigenvalue weighted by Gasteiger charge is 2.18. The summed E-state index contributed by atoms with van der Waals surface area (Å²) in [6, 6.07) is 13.8. The molecule has 1 amide bonds. The van der Waals surface area contributed by atoms with E-state index in [9.17, 15) is 14.0 Å². The van der Waals surface area contributed by atoms with Gasteiger partial charge in [0.1, 0.15) is 11.4 Å². The Labute approximate surface area is 154 Å². The van der Waals surface area contributed by atoms with Crippen LogP contribution in [0.4, 0.5) is 4.39 Å².